The number of pyridine rings is 1. The quantitative estimate of drug-likeness (QED) is 0.220. The van der Waals surface area contributed by atoms with E-state index < -0.39 is 0 Å². The highest BCUT2D eigenvalue weighted by atomic mass is 32.1. The average Bonchev–Trinajstić information content (AvgIpc) is 3.66. The minimum Gasteiger partial charge on any atom is -0.256 e. The summed E-state index contributed by atoms with van der Waals surface area (Å²) in [5.41, 5.74) is 9.88. The van der Waals surface area contributed by atoms with Crippen LogP contribution < -0.4 is 0 Å². The molecule has 3 heterocycles. The lowest BCUT2D eigenvalue weighted by molar-refractivity contribution is 1.41. The van der Waals surface area contributed by atoms with Crippen molar-refractivity contribution in [3.8, 4) is 43.4 Å². The largest absolute Gasteiger partial charge is 0.256 e. The van der Waals surface area contributed by atoms with Crippen LogP contribution in [0.15, 0.2) is 128 Å². The van der Waals surface area contributed by atoms with Crippen LogP contribution in [0.25, 0.3) is 74.7 Å². The van der Waals surface area contributed by atoms with Gasteiger partial charge in [0.05, 0.1) is 25.9 Å². The standard InChI is InChI=1S/C35H21N3S2/c1-3-15-31-29(13-1)37-34(39-31)25-10-5-8-22(18-25)27-20-24-12-7-17-36-33(24)28(21-27)23-9-6-11-26(19-23)35-38-30-14-2-4-16-32(30)40-35/h1-21H. The van der Waals surface area contributed by atoms with Crippen LogP contribution in [0.3, 0.4) is 0 Å². The Bertz CT molecular complexity index is 2130. The number of nitrogens with zero attached hydrogens (tertiary/aromatic N) is 3. The Balaban J connectivity index is 1.26. The number of fused-ring (bicyclic) bond motifs is 3. The molecule has 0 saturated carbocycles. The number of hydrogen-bond donors (Lipinski definition) is 0. The van der Waals surface area contributed by atoms with Gasteiger partial charge in [-0.1, -0.05) is 66.7 Å². The van der Waals surface area contributed by atoms with Gasteiger partial charge in [-0.3, -0.25) is 4.98 Å². The van der Waals surface area contributed by atoms with Crippen molar-refractivity contribution in [1.29, 1.82) is 0 Å². The normalized spacial score (nSPS) is 11.5. The van der Waals surface area contributed by atoms with Gasteiger partial charge in [0.2, 0.25) is 0 Å². The van der Waals surface area contributed by atoms with Crippen LogP contribution in [0.5, 0.6) is 0 Å². The summed E-state index contributed by atoms with van der Waals surface area (Å²) in [7, 11) is 0. The first-order valence-electron chi connectivity index (χ1n) is 13.1. The number of rotatable bonds is 4. The van der Waals surface area contributed by atoms with Crippen LogP contribution in [-0.2, 0) is 0 Å². The summed E-state index contributed by atoms with van der Waals surface area (Å²) >= 11 is 3.46. The third kappa shape index (κ3) is 4.08. The van der Waals surface area contributed by atoms with Crippen LogP contribution >= 0.6 is 22.7 Å². The fourth-order valence-corrected chi connectivity index (χ4v) is 7.15. The molecule has 3 nitrogen and oxygen atoms in total. The van der Waals surface area contributed by atoms with Gasteiger partial charge in [-0.05, 0) is 71.3 Å². The molecule has 5 heteroatoms. The van der Waals surface area contributed by atoms with Crippen molar-refractivity contribution in [3.63, 3.8) is 0 Å². The molecule has 0 fully saturated rings. The zero-order chi connectivity index (χ0) is 26.5. The molecule has 0 unspecified atom stereocenters. The fraction of sp³-hybridized carbons (Fsp3) is 0. The molecule has 0 bridgehead atoms. The van der Waals surface area contributed by atoms with Gasteiger partial charge in [-0.15, -0.1) is 22.7 Å². The molecule has 0 amide bonds. The van der Waals surface area contributed by atoms with Gasteiger partial charge in [0.25, 0.3) is 0 Å². The lowest BCUT2D eigenvalue weighted by Crippen LogP contribution is -1.89. The third-order valence-electron chi connectivity index (χ3n) is 7.16. The van der Waals surface area contributed by atoms with E-state index in [1.54, 1.807) is 22.7 Å². The molecule has 0 N–H and O–H groups in total. The van der Waals surface area contributed by atoms with Gasteiger partial charge >= 0.3 is 0 Å². The second kappa shape index (κ2) is 9.49. The van der Waals surface area contributed by atoms with Crippen molar-refractivity contribution in [2.24, 2.45) is 0 Å². The van der Waals surface area contributed by atoms with Crippen molar-refractivity contribution < 1.29 is 0 Å². The highest BCUT2D eigenvalue weighted by Crippen LogP contribution is 2.38. The molecular formula is C35H21N3S2. The topological polar surface area (TPSA) is 38.7 Å². The summed E-state index contributed by atoms with van der Waals surface area (Å²) < 4.78 is 2.40. The van der Waals surface area contributed by atoms with Crippen molar-refractivity contribution in [1.82, 2.24) is 15.0 Å². The van der Waals surface area contributed by atoms with Gasteiger partial charge < -0.3 is 0 Å². The van der Waals surface area contributed by atoms with Crippen LogP contribution in [0.4, 0.5) is 0 Å². The van der Waals surface area contributed by atoms with Gasteiger partial charge in [0.1, 0.15) is 10.0 Å². The maximum atomic E-state index is 4.90. The van der Waals surface area contributed by atoms with Gasteiger partial charge in [-0.25, -0.2) is 9.97 Å². The Hall–Kier alpha value is -4.71. The molecule has 8 aromatic rings. The molecule has 0 atom stereocenters. The SMILES string of the molecule is c1cc(-c2cc(-c3cccc(-c4nc5ccccc5s4)c3)c3ncccc3c2)cc(-c2nc3ccccc3s2)c1. The lowest BCUT2D eigenvalue weighted by atomic mass is 9.94. The Morgan fingerprint density at radius 1 is 0.450 bits per heavy atom. The van der Waals surface area contributed by atoms with E-state index in [0.717, 1.165) is 65.3 Å². The van der Waals surface area contributed by atoms with E-state index in [-0.39, 0.29) is 0 Å². The monoisotopic (exact) mass is 547 g/mol. The summed E-state index contributed by atoms with van der Waals surface area (Å²) in [5, 5.41) is 3.18. The second-order valence-corrected chi connectivity index (χ2v) is 11.8. The lowest BCUT2D eigenvalue weighted by Gasteiger charge is -2.12. The molecule has 3 aromatic heterocycles. The molecule has 0 aliphatic rings. The zero-order valence-electron chi connectivity index (χ0n) is 21.3. The van der Waals surface area contributed by atoms with Crippen LogP contribution in [0, 0.1) is 0 Å². The van der Waals surface area contributed by atoms with E-state index in [2.05, 4.69) is 103 Å². The molecule has 0 aliphatic carbocycles. The first kappa shape index (κ1) is 23.2. The summed E-state index contributed by atoms with van der Waals surface area (Å²) in [4.78, 5) is 14.6. The molecule has 0 aliphatic heterocycles. The summed E-state index contributed by atoms with van der Waals surface area (Å²) in [5.74, 6) is 0. The molecule has 5 aromatic carbocycles. The first-order valence-corrected chi connectivity index (χ1v) is 14.7. The summed E-state index contributed by atoms with van der Waals surface area (Å²) in [6.07, 6.45) is 1.87. The van der Waals surface area contributed by atoms with E-state index in [0.29, 0.717) is 0 Å². The second-order valence-electron chi connectivity index (χ2n) is 9.73. The minimum atomic E-state index is 0.995. The molecule has 0 spiro atoms. The Labute approximate surface area is 239 Å². The molecule has 0 saturated heterocycles. The van der Waals surface area contributed by atoms with Crippen molar-refractivity contribution in [3.05, 3.63) is 128 Å². The molecule has 188 valence electrons. The average molecular weight is 548 g/mol. The Kier molecular flexibility index (Phi) is 5.50. The van der Waals surface area contributed by atoms with E-state index in [4.69, 9.17) is 15.0 Å². The summed E-state index contributed by atoms with van der Waals surface area (Å²) in [6.45, 7) is 0. The predicted molar refractivity (Wildman–Crippen MR) is 170 cm³/mol. The number of hydrogen-bond acceptors (Lipinski definition) is 5. The first-order chi connectivity index (χ1) is 19.8. The van der Waals surface area contributed by atoms with E-state index in [1.807, 2.05) is 24.4 Å². The van der Waals surface area contributed by atoms with E-state index >= 15 is 0 Å². The van der Waals surface area contributed by atoms with Crippen LogP contribution in [-0.4, -0.2) is 15.0 Å². The van der Waals surface area contributed by atoms with E-state index in [9.17, 15) is 0 Å². The number of para-hydroxylation sites is 2. The van der Waals surface area contributed by atoms with E-state index in [1.165, 1.54) is 9.40 Å². The number of aromatic nitrogens is 3. The highest BCUT2D eigenvalue weighted by Gasteiger charge is 2.13. The number of thiazole rings is 2. The molecule has 8 rings (SSSR count). The molecule has 40 heavy (non-hydrogen) atoms. The maximum absolute atomic E-state index is 4.90. The fourth-order valence-electron chi connectivity index (χ4n) is 5.22. The van der Waals surface area contributed by atoms with Crippen molar-refractivity contribution in [2.75, 3.05) is 0 Å². The van der Waals surface area contributed by atoms with Crippen LogP contribution in [0.1, 0.15) is 0 Å². The zero-order valence-corrected chi connectivity index (χ0v) is 22.9. The van der Waals surface area contributed by atoms with Gasteiger partial charge in [0, 0.05) is 28.3 Å². The van der Waals surface area contributed by atoms with Crippen molar-refractivity contribution >= 4 is 54.0 Å². The highest BCUT2D eigenvalue weighted by molar-refractivity contribution is 7.22. The Morgan fingerprint density at radius 3 is 1.73 bits per heavy atom. The summed E-state index contributed by atoms with van der Waals surface area (Å²) in [6, 6.07) is 42.6. The molecular weight excluding hydrogens is 527 g/mol. The van der Waals surface area contributed by atoms with Crippen molar-refractivity contribution in [2.45, 2.75) is 0 Å². The smallest absolute Gasteiger partial charge is 0.124 e. The minimum absolute atomic E-state index is 0.995. The maximum Gasteiger partial charge on any atom is 0.124 e. The third-order valence-corrected chi connectivity index (χ3v) is 9.33. The molecule has 0 radical (unpaired) electrons. The van der Waals surface area contributed by atoms with Gasteiger partial charge in [-0.2, -0.15) is 0 Å². The predicted octanol–water partition coefficient (Wildman–Crippen LogP) is 10.1. The van der Waals surface area contributed by atoms with Gasteiger partial charge in [0.15, 0.2) is 0 Å². The Morgan fingerprint density at radius 2 is 1.05 bits per heavy atom. The number of benzene rings is 5. The van der Waals surface area contributed by atoms with Crippen LogP contribution in [0.2, 0.25) is 0 Å².